The van der Waals surface area contributed by atoms with Gasteiger partial charge in [-0.05, 0) is 37.1 Å². The summed E-state index contributed by atoms with van der Waals surface area (Å²) in [5.74, 6) is -0.0364. The van der Waals surface area contributed by atoms with Crippen LogP contribution in [-0.2, 0) is 11.3 Å². The van der Waals surface area contributed by atoms with Crippen LogP contribution in [0.5, 0.6) is 0 Å². The largest absolute Gasteiger partial charge is 0.339 e. The van der Waals surface area contributed by atoms with Gasteiger partial charge in [0.2, 0.25) is 5.91 Å². The Labute approximate surface area is 134 Å². The number of nitrogens with zero attached hydrogens (tertiary/aromatic N) is 4. The molecule has 1 aromatic heterocycles. The van der Waals surface area contributed by atoms with Crippen LogP contribution in [0.15, 0.2) is 36.9 Å². The summed E-state index contributed by atoms with van der Waals surface area (Å²) in [5.41, 5.74) is 1.35. The third kappa shape index (κ3) is 3.94. The summed E-state index contributed by atoms with van der Waals surface area (Å²) in [5, 5.41) is 6.76. The van der Waals surface area contributed by atoms with E-state index in [1.807, 2.05) is 4.90 Å². The standard InChI is InChI=1S/C16H19N5O2/c22-15(7-10-21-12-17-11-18-21)19-14-5-3-13(4-6-14)16(23)20-8-1-2-9-20/h3-6,11-12H,1-2,7-10H2,(H,19,22). The predicted molar refractivity (Wildman–Crippen MR) is 84.8 cm³/mol. The second-order valence-electron chi connectivity index (χ2n) is 5.53. The fourth-order valence-electron chi connectivity index (χ4n) is 2.59. The van der Waals surface area contributed by atoms with Crippen molar-refractivity contribution < 1.29 is 9.59 Å². The van der Waals surface area contributed by atoms with Crippen molar-refractivity contribution in [2.24, 2.45) is 0 Å². The minimum atomic E-state index is -0.0980. The van der Waals surface area contributed by atoms with Crippen LogP contribution in [0.2, 0.25) is 0 Å². The molecule has 0 spiro atoms. The lowest BCUT2D eigenvalue weighted by molar-refractivity contribution is -0.116. The Morgan fingerprint density at radius 3 is 2.52 bits per heavy atom. The molecule has 0 saturated carbocycles. The maximum atomic E-state index is 12.2. The maximum Gasteiger partial charge on any atom is 0.253 e. The monoisotopic (exact) mass is 313 g/mol. The topological polar surface area (TPSA) is 80.1 Å². The van der Waals surface area contributed by atoms with Gasteiger partial charge in [0, 0.05) is 30.8 Å². The van der Waals surface area contributed by atoms with Crippen molar-refractivity contribution in [2.75, 3.05) is 18.4 Å². The number of anilines is 1. The van der Waals surface area contributed by atoms with Crippen molar-refractivity contribution in [3.8, 4) is 0 Å². The van der Waals surface area contributed by atoms with Crippen molar-refractivity contribution in [3.05, 3.63) is 42.5 Å². The van der Waals surface area contributed by atoms with Crippen LogP contribution in [-0.4, -0.2) is 44.6 Å². The normalized spacial score (nSPS) is 14.0. The number of hydrogen-bond donors (Lipinski definition) is 1. The smallest absolute Gasteiger partial charge is 0.253 e. The molecule has 3 rings (SSSR count). The van der Waals surface area contributed by atoms with Gasteiger partial charge in [-0.3, -0.25) is 14.3 Å². The zero-order valence-corrected chi connectivity index (χ0v) is 12.8. The first-order valence-corrected chi connectivity index (χ1v) is 7.74. The van der Waals surface area contributed by atoms with Crippen molar-refractivity contribution >= 4 is 17.5 Å². The number of nitrogens with one attached hydrogen (secondary N) is 1. The van der Waals surface area contributed by atoms with Crippen molar-refractivity contribution in [1.82, 2.24) is 19.7 Å². The summed E-state index contributed by atoms with van der Waals surface area (Å²) < 4.78 is 1.61. The highest BCUT2D eigenvalue weighted by Crippen LogP contribution is 2.15. The summed E-state index contributed by atoms with van der Waals surface area (Å²) in [6, 6.07) is 7.04. The molecule has 2 amide bonds. The molecule has 2 aromatic rings. The van der Waals surface area contributed by atoms with Crippen LogP contribution < -0.4 is 5.32 Å². The number of likely N-dealkylation sites (tertiary alicyclic amines) is 1. The van der Waals surface area contributed by atoms with E-state index >= 15 is 0 Å². The van der Waals surface area contributed by atoms with Crippen LogP contribution in [0, 0.1) is 0 Å². The third-order valence-corrected chi connectivity index (χ3v) is 3.84. The van der Waals surface area contributed by atoms with Crippen molar-refractivity contribution in [3.63, 3.8) is 0 Å². The Kier molecular flexibility index (Phi) is 4.65. The first kappa shape index (κ1) is 15.2. The molecule has 0 aliphatic carbocycles. The van der Waals surface area contributed by atoms with Crippen molar-refractivity contribution in [2.45, 2.75) is 25.8 Å². The van der Waals surface area contributed by atoms with E-state index in [2.05, 4.69) is 15.4 Å². The molecule has 1 aliphatic heterocycles. The average molecular weight is 313 g/mol. The van der Waals surface area contributed by atoms with E-state index in [1.165, 1.54) is 6.33 Å². The Balaban J connectivity index is 1.52. The molecular weight excluding hydrogens is 294 g/mol. The number of hydrogen-bond acceptors (Lipinski definition) is 4. The fourth-order valence-corrected chi connectivity index (χ4v) is 2.59. The molecule has 120 valence electrons. The highest BCUT2D eigenvalue weighted by molar-refractivity contribution is 5.95. The van der Waals surface area contributed by atoms with Crippen LogP contribution in [0.3, 0.4) is 0 Å². The van der Waals surface area contributed by atoms with Gasteiger partial charge in [0.25, 0.3) is 5.91 Å². The number of carbonyl (C=O) groups excluding carboxylic acids is 2. The number of amides is 2. The quantitative estimate of drug-likeness (QED) is 0.908. The van der Waals surface area contributed by atoms with Gasteiger partial charge >= 0.3 is 0 Å². The third-order valence-electron chi connectivity index (χ3n) is 3.84. The Morgan fingerprint density at radius 2 is 1.87 bits per heavy atom. The fraction of sp³-hybridized carbons (Fsp3) is 0.375. The van der Waals surface area contributed by atoms with Gasteiger partial charge in [0.05, 0.1) is 6.54 Å². The molecule has 0 bridgehead atoms. The second kappa shape index (κ2) is 7.04. The first-order chi connectivity index (χ1) is 11.2. The molecule has 0 atom stereocenters. The zero-order valence-electron chi connectivity index (χ0n) is 12.8. The lowest BCUT2D eigenvalue weighted by Gasteiger charge is -2.15. The highest BCUT2D eigenvalue weighted by atomic mass is 16.2. The van der Waals surface area contributed by atoms with Gasteiger partial charge in [-0.25, -0.2) is 4.98 Å². The number of rotatable bonds is 5. The molecule has 1 saturated heterocycles. The molecule has 2 heterocycles. The summed E-state index contributed by atoms with van der Waals surface area (Å²) >= 11 is 0. The van der Waals surface area contributed by atoms with Gasteiger partial charge in [0.15, 0.2) is 0 Å². The molecule has 7 nitrogen and oxygen atoms in total. The predicted octanol–water partition coefficient (Wildman–Crippen LogP) is 1.54. The van der Waals surface area contributed by atoms with E-state index in [1.54, 1.807) is 35.3 Å². The number of aryl methyl sites for hydroxylation is 1. The van der Waals surface area contributed by atoms with Crippen LogP contribution in [0.25, 0.3) is 0 Å². The first-order valence-electron chi connectivity index (χ1n) is 7.74. The second-order valence-corrected chi connectivity index (χ2v) is 5.53. The molecule has 1 aliphatic rings. The summed E-state index contributed by atoms with van der Waals surface area (Å²) in [6.45, 7) is 2.15. The summed E-state index contributed by atoms with van der Waals surface area (Å²) in [7, 11) is 0. The van der Waals surface area contributed by atoms with Crippen LogP contribution >= 0.6 is 0 Å². The molecule has 0 radical (unpaired) electrons. The van der Waals surface area contributed by atoms with E-state index in [0.29, 0.717) is 24.2 Å². The van der Waals surface area contributed by atoms with Gasteiger partial charge in [-0.2, -0.15) is 5.10 Å². The minimum absolute atomic E-state index is 0.0616. The van der Waals surface area contributed by atoms with Gasteiger partial charge in [0.1, 0.15) is 12.7 Å². The Morgan fingerprint density at radius 1 is 1.13 bits per heavy atom. The SMILES string of the molecule is O=C(CCn1cncn1)Nc1ccc(C(=O)N2CCCC2)cc1. The molecule has 23 heavy (non-hydrogen) atoms. The van der Waals surface area contributed by atoms with Gasteiger partial charge in [-0.1, -0.05) is 0 Å². The molecule has 1 aromatic carbocycles. The summed E-state index contributed by atoms with van der Waals surface area (Å²) in [6.07, 6.45) is 5.48. The van der Waals surface area contributed by atoms with Gasteiger partial charge in [-0.15, -0.1) is 0 Å². The van der Waals surface area contributed by atoms with E-state index in [9.17, 15) is 9.59 Å². The molecule has 0 unspecified atom stereocenters. The summed E-state index contributed by atoms with van der Waals surface area (Å²) in [4.78, 5) is 29.8. The van der Waals surface area contributed by atoms with Crippen molar-refractivity contribution in [1.29, 1.82) is 0 Å². The van der Waals surface area contributed by atoms with E-state index in [-0.39, 0.29) is 11.8 Å². The Hall–Kier alpha value is -2.70. The lowest BCUT2D eigenvalue weighted by Crippen LogP contribution is -2.27. The van der Waals surface area contributed by atoms with Gasteiger partial charge < -0.3 is 10.2 Å². The number of carbonyl (C=O) groups is 2. The van der Waals surface area contributed by atoms with E-state index < -0.39 is 0 Å². The average Bonchev–Trinajstić information content (AvgIpc) is 3.26. The molecular formula is C16H19N5O2. The van der Waals surface area contributed by atoms with Crippen LogP contribution in [0.4, 0.5) is 5.69 Å². The molecule has 7 heteroatoms. The number of benzene rings is 1. The molecule has 1 N–H and O–H groups in total. The number of aromatic nitrogens is 3. The lowest BCUT2D eigenvalue weighted by atomic mass is 10.2. The molecule has 1 fully saturated rings. The minimum Gasteiger partial charge on any atom is -0.339 e. The maximum absolute atomic E-state index is 12.2. The van der Waals surface area contributed by atoms with Crippen LogP contribution in [0.1, 0.15) is 29.6 Å². The highest BCUT2D eigenvalue weighted by Gasteiger charge is 2.19. The van der Waals surface area contributed by atoms with E-state index in [4.69, 9.17) is 0 Å². The van der Waals surface area contributed by atoms with E-state index in [0.717, 1.165) is 25.9 Å². The Bertz CT molecular complexity index is 660. The zero-order chi connectivity index (χ0) is 16.1.